The first-order chi connectivity index (χ1) is 6.66. The highest BCUT2D eigenvalue weighted by molar-refractivity contribution is 6.01. The maximum absolute atomic E-state index is 4.62. The fourth-order valence-corrected chi connectivity index (χ4v) is 2.10. The van der Waals surface area contributed by atoms with Crippen molar-refractivity contribution in [3.8, 4) is 0 Å². The van der Waals surface area contributed by atoms with Gasteiger partial charge in [-0.15, -0.1) is 0 Å². The molecule has 0 aromatic carbocycles. The molecule has 78 valence electrons. The number of nitrogens with zero attached hydrogens (tertiary/aromatic N) is 3. The van der Waals surface area contributed by atoms with Crippen LogP contribution in [0.2, 0.25) is 0 Å². The molecule has 0 spiro atoms. The highest BCUT2D eigenvalue weighted by Gasteiger charge is 2.22. The molecule has 0 saturated carbocycles. The first-order valence-corrected chi connectivity index (χ1v) is 5.54. The number of hydrogen-bond acceptors (Lipinski definition) is 3. The summed E-state index contributed by atoms with van der Waals surface area (Å²) in [6, 6.07) is 1.01. The highest BCUT2D eigenvalue weighted by atomic mass is 15.2. The SMILES string of the molecule is C[C@@H]1CCC(N(C)C2=N[C@H](C)CC2)=N1. The van der Waals surface area contributed by atoms with Gasteiger partial charge in [0.2, 0.25) is 0 Å². The molecule has 0 aliphatic carbocycles. The predicted octanol–water partition coefficient (Wildman–Crippen LogP) is 2.08. The molecule has 0 aromatic heterocycles. The van der Waals surface area contributed by atoms with E-state index in [1.165, 1.54) is 24.5 Å². The second-order valence-corrected chi connectivity index (χ2v) is 4.43. The summed E-state index contributed by atoms with van der Waals surface area (Å²) in [6.45, 7) is 4.36. The largest absolute Gasteiger partial charge is 0.322 e. The van der Waals surface area contributed by atoms with Gasteiger partial charge in [-0.2, -0.15) is 0 Å². The van der Waals surface area contributed by atoms with E-state index < -0.39 is 0 Å². The van der Waals surface area contributed by atoms with E-state index in [1.54, 1.807) is 0 Å². The second kappa shape index (κ2) is 3.71. The van der Waals surface area contributed by atoms with Crippen molar-refractivity contribution in [3.05, 3.63) is 0 Å². The van der Waals surface area contributed by atoms with Gasteiger partial charge in [-0.3, -0.25) is 9.98 Å². The summed E-state index contributed by atoms with van der Waals surface area (Å²) in [6.07, 6.45) is 4.63. The van der Waals surface area contributed by atoms with E-state index in [1.807, 2.05) is 0 Å². The summed E-state index contributed by atoms with van der Waals surface area (Å²) in [4.78, 5) is 11.4. The number of aliphatic imine (C=N–C) groups is 2. The Labute approximate surface area is 85.9 Å². The topological polar surface area (TPSA) is 28.0 Å². The molecule has 2 heterocycles. The van der Waals surface area contributed by atoms with Crippen molar-refractivity contribution in [1.82, 2.24) is 4.90 Å². The van der Waals surface area contributed by atoms with Gasteiger partial charge in [0.05, 0.1) is 0 Å². The second-order valence-electron chi connectivity index (χ2n) is 4.43. The smallest absolute Gasteiger partial charge is 0.104 e. The summed E-state index contributed by atoms with van der Waals surface area (Å²) in [7, 11) is 2.10. The van der Waals surface area contributed by atoms with E-state index >= 15 is 0 Å². The molecule has 3 heteroatoms. The monoisotopic (exact) mass is 193 g/mol. The van der Waals surface area contributed by atoms with E-state index in [0.29, 0.717) is 12.1 Å². The van der Waals surface area contributed by atoms with Gasteiger partial charge in [0, 0.05) is 32.0 Å². The third-order valence-electron chi connectivity index (χ3n) is 3.08. The molecule has 0 saturated heterocycles. The molecular formula is C11H19N3. The van der Waals surface area contributed by atoms with Gasteiger partial charge < -0.3 is 4.90 Å². The number of rotatable bonds is 0. The number of hydrogen-bond donors (Lipinski definition) is 0. The molecule has 14 heavy (non-hydrogen) atoms. The molecule has 0 fully saturated rings. The van der Waals surface area contributed by atoms with E-state index in [4.69, 9.17) is 0 Å². The van der Waals surface area contributed by atoms with Crippen LogP contribution >= 0.6 is 0 Å². The summed E-state index contributed by atoms with van der Waals surface area (Å²) in [5, 5.41) is 0. The standard InChI is InChI=1S/C11H19N3/c1-8-4-6-10(12-8)14(3)11-7-5-9(2)13-11/h8-9H,4-7H2,1-3H3/t8-,9-/m1/s1. The van der Waals surface area contributed by atoms with Gasteiger partial charge in [-0.25, -0.2) is 0 Å². The van der Waals surface area contributed by atoms with Crippen LogP contribution in [0.4, 0.5) is 0 Å². The molecule has 2 aliphatic rings. The highest BCUT2D eigenvalue weighted by Crippen LogP contribution is 2.19. The Kier molecular flexibility index (Phi) is 2.57. The molecule has 0 bridgehead atoms. The van der Waals surface area contributed by atoms with Crippen molar-refractivity contribution in [2.24, 2.45) is 9.98 Å². The molecule has 2 aliphatic heterocycles. The van der Waals surface area contributed by atoms with Crippen LogP contribution in [-0.4, -0.2) is 35.7 Å². The molecule has 3 nitrogen and oxygen atoms in total. The van der Waals surface area contributed by atoms with Gasteiger partial charge in [-0.05, 0) is 26.7 Å². The van der Waals surface area contributed by atoms with Crippen LogP contribution < -0.4 is 0 Å². The Morgan fingerprint density at radius 2 is 1.43 bits per heavy atom. The lowest BCUT2D eigenvalue weighted by atomic mass is 10.2. The molecule has 0 unspecified atom stereocenters. The Bertz CT molecular complexity index is 252. The lowest BCUT2D eigenvalue weighted by Gasteiger charge is -2.18. The van der Waals surface area contributed by atoms with Crippen LogP contribution in [0, 0.1) is 0 Å². The summed E-state index contributed by atoms with van der Waals surface area (Å²) < 4.78 is 0. The van der Waals surface area contributed by atoms with Crippen LogP contribution in [0.25, 0.3) is 0 Å². The van der Waals surface area contributed by atoms with Crippen LogP contribution in [-0.2, 0) is 0 Å². The van der Waals surface area contributed by atoms with Gasteiger partial charge in [0.1, 0.15) is 11.7 Å². The van der Waals surface area contributed by atoms with Crippen molar-refractivity contribution in [3.63, 3.8) is 0 Å². The van der Waals surface area contributed by atoms with E-state index in [9.17, 15) is 0 Å². The van der Waals surface area contributed by atoms with Gasteiger partial charge in [0.15, 0.2) is 0 Å². The molecule has 0 radical (unpaired) electrons. The quantitative estimate of drug-likeness (QED) is 0.579. The fourth-order valence-electron chi connectivity index (χ4n) is 2.10. The Morgan fingerprint density at radius 1 is 1.00 bits per heavy atom. The zero-order valence-corrected chi connectivity index (χ0v) is 9.32. The molecular weight excluding hydrogens is 174 g/mol. The minimum absolute atomic E-state index is 0.506. The van der Waals surface area contributed by atoms with Crippen LogP contribution in [0.1, 0.15) is 39.5 Å². The first kappa shape index (κ1) is 9.69. The third kappa shape index (κ3) is 1.81. The minimum atomic E-state index is 0.506. The predicted molar refractivity (Wildman–Crippen MR) is 60.0 cm³/mol. The zero-order valence-electron chi connectivity index (χ0n) is 9.32. The Morgan fingerprint density at radius 3 is 1.71 bits per heavy atom. The van der Waals surface area contributed by atoms with Crippen molar-refractivity contribution < 1.29 is 0 Å². The Hall–Kier alpha value is -0.860. The van der Waals surface area contributed by atoms with Gasteiger partial charge in [-0.1, -0.05) is 0 Å². The molecule has 0 amide bonds. The van der Waals surface area contributed by atoms with Crippen molar-refractivity contribution in [2.45, 2.75) is 51.6 Å². The lowest BCUT2D eigenvalue weighted by Crippen LogP contribution is -2.30. The van der Waals surface area contributed by atoms with Crippen LogP contribution in [0.5, 0.6) is 0 Å². The van der Waals surface area contributed by atoms with Crippen molar-refractivity contribution >= 4 is 11.7 Å². The van der Waals surface area contributed by atoms with E-state index in [2.05, 4.69) is 35.8 Å². The lowest BCUT2D eigenvalue weighted by molar-refractivity contribution is 0.716. The van der Waals surface area contributed by atoms with Gasteiger partial charge >= 0.3 is 0 Å². The zero-order chi connectivity index (χ0) is 10.1. The first-order valence-electron chi connectivity index (χ1n) is 5.54. The maximum atomic E-state index is 4.62. The summed E-state index contributed by atoms with van der Waals surface area (Å²) in [5.74, 6) is 2.45. The van der Waals surface area contributed by atoms with Crippen molar-refractivity contribution in [2.75, 3.05) is 7.05 Å². The maximum Gasteiger partial charge on any atom is 0.104 e. The summed E-state index contributed by atoms with van der Waals surface area (Å²) >= 11 is 0. The average molecular weight is 193 g/mol. The third-order valence-corrected chi connectivity index (χ3v) is 3.08. The average Bonchev–Trinajstić information content (AvgIpc) is 2.73. The molecule has 0 aromatic rings. The fraction of sp³-hybridized carbons (Fsp3) is 0.818. The Balaban J connectivity index is 2.05. The van der Waals surface area contributed by atoms with Crippen LogP contribution in [0.15, 0.2) is 9.98 Å². The minimum Gasteiger partial charge on any atom is -0.322 e. The molecule has 2 rings (SSSR count). The van der Waals surface area contributed by atoms with E-state index in [-0.39, 0.29) is 0 Å². The normalized spacial score (nSPS) is 31.6. The molecule has 2 atom stereocenters. The van der Waals surface area contributed by atoms with Gasteiger partial charge in [0.25, 0.3) is 0 Å². The van der Waals surface area contributed by atoms with E-state index in [0.717, 1.165) is 12.8 Å². The summed E-state index contributed by atoms with van der Waals surface area (Å²) in [5.41, 5.74) is 0. The molecule has 0 N–H and O–H groups in total. The number of amidine groups is 2. The van der Waals surface area contributed by atoms with Crippen molar-refractivity contribution in [1.29, 1.82) is 0 Å². The van der Waals surface area contributed by atoms with Crippen LogP contribution in [0.3, 0.4) is 0 Å².